The van der Waals surface area contributed by atoms with Gasteiger partial charge in [0.25, 0.3) is 0 Å². The Bertz CT molecular complexity index is 1290. The number of amides is 2. The van der Waals surface area contributed by atoms with Gasteiger partial charge in [-0.3, -0.25) is 24.7 Å². The van der Waals surface area contributed by atoms with Crippen molar-refractivity contribution < 1.29 is 14.4 Å². The van der Waals surface area contributed by atoms with Gasteiger partial charge < -0.3 is 11.1 Å². The number of benzene rings is 2. The molecule has 2 aromatic carbocycles. The number of Topliss-reactive ketones (excluding diaryl/α,β-unsaturated/α-hetero) is 1. The Morgan fingerprint density at radius 2 is 1.56 bits per heavy atom. The quantitative estimate of drug-likeness (QED) is 0.342. The molecule has 0 saturated heterocycles. The summed E-state index contributed by atoms with van der Waals surface area (Å²) in [6.07, 6.45) is 9.96. The molecule has 4 N–H and O–H groups in total. The van der Waals surface area contributed by atoms with E-state index in [4.69, 9.17) is 5.73 Å². The molecule has 39 heavy (non-hydrogen) atoms. The monoisotopic (exact) mass is 524 g/mol. The third-order valence-corrected chi connectivity index (χ3v) is 8.21. The lowest BCUT2D eigenvalue weighted by Crippen LogP contribution is -2.53. The topological polar surface area (TPSA) is 114 Å². The summed E-state index contributed by atoms with van der Waals surface area (Å²) < 4.78 is 0. The van der Waals surface area contributed by atoms with Crippen LogP contribution in [0.5, 0.6) is 0 Å². The van der Waals surface area contributed by atoms with Crippen LogP contribution in [-0.4, -0.2) is 28.6 Å². The number of carbonyl (C=O) groups is 3. The summed E-state index contributed by atoms with van der Waals surface area (Å²) in [5.74, 6) is -1.65. The highest BCUT2D eigenvalue weighted by Crippen LogP contribution is 2.38. The number of fused-ring (bicyclic) bond motifs is 1. The van der Waals surface area contributed by atoms with E-state index in [9.17, 15) is 14.4 Å². The maximum Gasteiger partial charge on any atom is 0.242 e. The minimum atomic E-state index is -1.27. The fourth-order valence-corrected chi connectivity index (χ4v) is 6.29. The van der Waals surface area contributed by atoms with Crippen molar-refractivity contribution in [2.24, 2.45) is 11.7 Å². The van der Waals surface area contributed by atoms with Gasteiger partial charge in [0.05, 0.1) is 5.92 Å². The van der Waals surface area contributed by atoms with Gasteiger partial charge in [0.15, 0.2) is 5.78 Å². The molecule has 5 rings (SSSR count). The van der Waals surface area contributed by atoms with Crippen LogP contribution in [0.15, 0.2) is 79.1 Å². The molecule has 7 nitrogen and oxygen atoms in total. The van der Waals surface area contributed by atoms with Crippen molar-refractivity contribution in [1.29, 1.82) is 0 Å². The molecular weight excluding hydrogens is 488 g/mol. The highest BCUT2D eigenvalue weighted by atomic mass is 16.2. The molecule has 1 heterocycles. The number of nitrogens with two attached hydrogens (primary N) is 1. The van der Waals surface area contributed by atoms with Crippen molar-refractivity contribution in [2.75, 3.05) is 0 Å². The lowest BCUT2D eigenvalue weighted by molar-refractivity contribution is -0.134. The van der Waals surface area contributed by atoms with Crippen LogP contribution in [0.4, 0.5) is 0 Å². The van der Waals surface area contributed by atoms with Gasteiger partial charge in [-0.15, -0.1) is 0 Å². The Balaban J connectivity index is 1.44. The van der Waals surface area contributed by atoms with Gasteiger partial charge in [-0.2, -0.15) is 0 Å². The first-order chi connectivity index (χ1) is 19.0. The van der Waals surface area contributed by atoms with Crippen molar-refractivity contribution in [3.8, 4) is 0 Å². The Hall–Kier alpha value is -3.84. The van der Waals surface area contributed by atoms with Crippen LogP contribution < -0.4 is 16.4 Å². The predicted molar refractivity (Wildman–Crippen MR) is 150 cm³/mol. The molecule has 202 valence electrons. The van der Waals surface area contributed by atoms with Crippen molar-refractivity contribution >= 4 is 17.6 Å². The van der Waals surface area contributed by atoms with E-state index in [1.807, 2.05) is 48.5 Å². The fourth-order valence-electron chi connectivity index (χ4n) is 6.29. The van der Waals surface area contributed by atoms with Crippen molar-refractivity contribution in [3.05, 3.63) is 101 Å². The number of carbonyl (C=O) groups excluding carboxylic acids is 3. The van der Waals surface area contributed by atoms with Gasteiger partial charge in [0.1, 0.15) is 12.1 Å². The molecule has 4 atom stereocenters. The number of rotatable bonds is 10. The minimum absolute atomic E-state index is 0.183. The highest BCUT2D eigenvalue weighted by Gasteiger charge is 2.38. The maximum atomic E-state index is 14.1. The number of nitrogens with one attached hydrogen (secondary N) is 2. The maximum absolute atomic E-state index is 14.1. The molecule has 0 bridgehead atoms. The number of pyridine rings is 1. The van der Waals surface area contributed by atoms with Crippen molar-refractivity contribution in [1.82, 2.24) is 15.6 Å². The normalized spacial score (nSPS) is 19.4. The van der Waals surface area contributed by atoms with Gasteiger partial charge in [0.2, 0.25) is 11.8 Å². The van der Waals surface area contributed by atoms with E-state index >= 15 is 0 Å². The number of primary amides is 1. The molecule has 7 heteroatoms. The molecule has 4 unspecified atom stereocenters. The number of nitrogens with zero attached hydrogens (tertiary/aromatic N) is 1. The molecule has 2 aliphatic carbocycles. The zero-order valence-corrected chi connectivity index (χ0v) is 22.1. The Kier molecular flexibility index (Phi) is 8.47. The van der Waals surface area contributed by atoms with Gasteiger partial charge in [0, 0.05) is 24.0 Å². The zero-order chi connectivity index (χ0) is 27.2. The molecule has 1 aromatic heterocycles. The molecule has 2 amide bonds. The molecule has 0 radical (unpaired) electrons. The third-order valence-electron chi connectivity index (χ3n) is 8.21. The van der Waals surface area contributed by atoms with E-state index in [-0.39, 0.29) is 23.8 Å². The zero-order valence-electron chi connectivity index (χ0n) is 22.1. The van der Waals surface area contributed by atoms with Gasteiger partial charge in [-0.25, -0.2) is 0 Å². The molecule has 3 aromatic rings. The second kappa shape index (κ2) is 12.3. The highest BCUT2D eigenvalue weighted by molar-refractivity contribution is 6.08. The second-order valence-electron chi connectivity index (χ2n) is 10.7. The van der Waals surface area contributed by atoms with E-state index in [1.165, 1.54) is 5.56 Å². The summed E-state index contributed by atoms with van der Waals surface area (Å²) >= 11 is 0. The molecule has 0 spiro atoms. The SMILES string of the molecule is NC(=O)C(NC1CCCc2ccccc21)C(=O)C(NC(=O)C(c1ccccc1)C1CCCC1)c1cccnc1. The van der Waals surface area contributed by atoms with Gasteiger partial charge in [-0.1, -0.05) is 73.5 Å². The first-order valence-corrected chi connectivity index (χ1v) is 13.9. The Morgan fingerprint density at radius 1 is 0.846 bits per heavy atom. The van der Waals surface area contributed by atoms with Crippen LogP contribution in [0.25, 0.3) is 0 Å². The van der Waals surface area contributed by atoms with Crippen LogP contribution in [0.1, 0.15) is 78.8 Å². The lowest BCUT2D eigenvalue weighted by atomic mass is 9.83. The third kappa shape index (κ3) is 6.09. The molecular formula is C32H36N4O3. The summed E-state index contributed by atoms with van der Waals surface area (Å²) in [6.45, 7) is 0. The van der Waals surface area contributed by atoms with Gasteiger partial charge >= 0.3 is 0 Å². The number of aryl methyl sites for hydroxylation is 1. The summed E-state index contributed by atoms with van der Waals surface area (Å²) in [7, 11) is 0. The first-order valence-electron chi connectivity index (χ1n) is 13.9. The summed E-state index contributed by atoms with van der Waals surface area (Å²) in [5, 5.41) is 6.28. The van der Waals surface area contributed by atoms with Crippen LogP contribution >= 0.6 is 0 Å². The van der Waals surface area contributed by atoms with Gasteiger partial charge in [-0.05, 0) is 60.8 Å². The van der Waals surface area contributed by atoms with Crippen molar-refractivity contribution in [2.45, 2.75) is 69.0 Å². The standard InChI is InChI=1S/C32H36N4O3/c33-31(38)29(35-26-18-8-15-21-10-6-7-17-25(21)26)30(37)28(24-16-9-19-34-20-24)36-32(39)27(23-13-4-5-14-23)22-11-2-1-3-12-22/h1-3,6-7,9-12,16-17,19-20,23,26-29,35H,4-5,8,13-15,18H2,(H2,33,38)(H,36,39). The van der Waals surface area contributed by atoms with E-state index in [0.717, 1.165) is 56.1 Å². The van der Waals surface area contributed by atoms with Crippen LogP contribution in [0, 0.1) is 5.92 Å². The molecule has 2 aliphatic rings. The van der Waals surface area contributed by atoms with E-state index in [1.54, 1.807) is 24.5 Å². The van der Waals surface area contributed by atoms with E-state index < -0.39 is 23.8 Å². The Labute approximate surface area is 229 Å². The van der Waals surface area contributed by atoms with Crippen LogP contribution in [0.3, 0.4) is 0 Å². The minimum Gasteiger partial charge on any atom is -0.368 e. The number of aromatic nitrogens is 1. The molecule has 0 aliphatic heterocycles. The number of ketones is 1. The van der Waals surface area contributed by atoms with E-state index in [2.05, 4.69) is 21.7 Å². The molecule has 1 fully saturated rings. The van der Waals surface area contributed by atoms with E-state index in [0.29, 0.717) is 5.56 Å². The van der Waals surface area contributed by atoms with Crippen LogP contribution in [0.2, 0.25) is 0 Å². The van der Waals surface area contributed by atoms with Crippen molar-refractivity contribution in [3.63, 3.8) is 0 Å². The number of hydrogen-bond donors (Lipinski definition) is 3. The first kappa shape index (κ1) is 26.8. The van der Waals surface area contributed by atoms with Crippen LogP contribution in [-0.2, 0) is 20.8 Å². The summed E-state index contributed by atoms with van der Waals surface area (Å²) in [5.41, 5.74) is 9.56. The number of hydrogen-bond acceptors (Lipinski definition) is 5. The summed E-state index contributed by atoms with van der Waals surface area (Å²) in [6, 6.07) is 18.8. The smallest absolute Gasteiger partial charge is 0.242 e. The fraction of sp³-hybridized carbons (Fsp3) is 0.375. The lowest BCUT2D eigenvalue weighted by Gasteiger charge is -2.31. The average Bonchev–Trinajstić information content (AvgIpc) is 3.50. The summed E-state index contributed by atoms with van der Waals surface area (Å²) in [4.78, 5) is 44.9. The average molecular weight is 525 g/mol. The molecule has 1 saturated carbocycles. The Morgan fingerprint density at radius 3 is 2.28 bits per heavy atom. The second-order valence-corrected chi connectivity index (χ2v) is 10.7. The largest absolute Gasteiger partial charge is 0.368 e. The predicted octanol–water partition coefficient (Wildman–Crippen LogP) is 4.30.